The van der Waals surface area contributed by atoms with Gasteiger partial charge in [-0.25, -0.2) is 9.37 Å². The van der Waals surface area contributed by atoms with Gasteiger partial charge < -0.3 is 15.9 Å². The summed E-state index contributed by atoms with van der Waals surface area (Å²) in [4.78, 5) is 4.24. The lowest BCUT2D eigenvalue weighted by Gasteiger charge is -2.29. The Hall–Kier alpha value is -2.54. The molecule has 1 unspecified atom stereocenters. The molecule has 1 fully saturated rings. The van der Waals surface area contributed by atoms with Crippen LogP contribution in [0.3, 0.4) is 0 Å². The first-order chi connectivity index (χ1) is 13.5. The Morgan fingerprint density at radius 2 is 1.93 bits per heavy atom. The summed E-state index contributed by atoms with van der Waals surface area (Å²) in [6.45, 7) is 0. The third-order valence-corrected chi connectivity index (χ3v) is 5.44. The van der Waals surface area contributed by atoms with Gasteiger partial charge in [0.15, 0.2) is 0 Å². The number of hydrogen-bond acceptors (Lipinski definition) is 5. The van der Waals surface area contributed by atoms with E-state index in [9.17, 15) is 14.6 Å². The SMILES string of the molecule is Nc1ncc(C(O)N[C@@H]2CCC[C@H](O)C2)c2ccc(-c3cccc(F)c3)cc12. The van der Waals surface area contributed by atoms with Crippen molar-refractivity contribution in [1.29, 1.82) is 0 Å². The number of rotatable bonds is 4. The number of benzene rings is 2. The van der Waals surface area contributed by atoms with Crippen molar-refractivity contribution in [2.75, 3.05) is 5.73 Å². The van der Waals surface area contributed by atoms with Gasteiger partial charge in [0, 0.05) is 23.2 Å². The van der Waals surface area contributed by atoms with E-state index >= 15 is 0 Å². The minimum Gasteiger partial charge on any atom is -0.393 e. The second kappa shape index (κ2) is 7.83. The summed E-state index contributed by atoms with van der Waals surface area (Å²) in [5, 5.41) is 25.3. The van der Waals surface area contributed by atoms with Crippen molar-refractivity contribution in [3.05, 3.63) is 60.0 Å². The van der Waals surface area contributed by atoms with Gasteiger partial charge in [0.1, 0.15) is 17.9 Å². The maximum absolute atomic E-state index is 13.6. The van der Waals surface area contributed by atoms with E-state index in [2.05, 4.69) is 10.3 Å². The Bertz CT molecular complexity index is 995. The number of anilines is 1. The second-order valence-corrected chi connectivity index (χ2v) is 7.46. The summed E-state index contributed by atoms with van der Waals surface area (Å²) in [7, 11) is 0. The molecule has 1 aromatic heterocycles. The molecule has 0 aliphatic heterocycles. The number of fused-ring (bicyclic) bond motifs is 1. The van der Waals surface area contributed by atoms with Gasteiger partial charge in [-0.3, -0.25) is 5.32 Å². The molecule has 3 atom stereocenters. The number of halogens is 1. The Morgan fingerprint density at radius 1 is 1.11 bits per heavy atom. The zero-order valence-electron chi connectivity index (χ0n) is 15.5. The number of hydrogen-bond donors (Lipinski definition) is 4. The number of nitrogens with one attached hydrogen (secondary N) is 1. The summed E-state index contributed by atoms with van der Waals surface area (Å²) < 4.78 is 13.6. The van der Waals surface area contributed by atoms with E-state index in [1.54, 1.807) is 12.3 Å². The van der Waals surface area contributed by atoms with Crippen LogP contribution in [0.4, 0.5) is 10.2 Å². The van der Waals surface area contributed by atoms with Crippen molar-refractivity contribution < 1.29 is 14.6 Å². The number of pyridine rings is 1. The van der Waals surface area contributed by atoms with Crippen molar-refractivity contribution in [3.63, 3.8) is 0 Å². The minimum atomic E-state index is -0.911. The average molecular weight is 381 g/mol. The predicted octanol–water partition coefficient (Wildman–Crippen LogP) is 3.51. The highest BCUT2D eigenvalue weighted by Crippen LogP contribution is 2.32. The van der Waals surface area contributed by atoms with Crippen LogP contribution in [0.1, 0.15) is 37.5 Å². The van der Waals surface area contributed by atoms with Crippen LogP contribution < -0.4 is 11.1 Å². The molecule has 5 N–H and O–H groups in total. The molecule has 0 spiro atoms. The predicted molar refractivity (Wildman–Crippen MR) is 108 cm³/mol. The average Bonchev–Trinajstić information content (AvgIpc) is 2.68. The summed E-state index contributed by atoms with van der Waals surface area (Å²) in [5.41, 5.74) is 8.30. The van der Waals surface area contributed by atoms with Crippen LogP contribution in [0.25, 0.3) is 21.9 Å². The largest absolute Gasteiger partial charge is 0.393 e. The highest BCUT2D eigenvalue weighted by atomic mass is 19.1. The van der Waals surface area contributed by atoms with Gasteiger partial charge in [-0.05, 0) is 60.4 Å². The highest BCUT2D eigenvalue weighted by molar-refractivity contribution is 5.96. The second-order valence-electron chi connectivity index (χ2n) is 7.46. The molecule has 2 aromatic carbocycles. The molecule has 5 nitrogen and oxygen atoms in total. The van der Waals surface area contributed by atoms with Crippen LogP contribution in [0.5, 0.6) is 0 Å². The molecule has 146 valence electrons. The van der Waals surface area contributed by atoms with Crippen LogP contribution >= 0.6 is 0 Å². The third kappa shape index (κ3) is 3.85. The normalized spacial score (nSPS) is 21.0. The molecule has 1 heterocycles. The summed E-state index contributed by atoms with van der Waals surface area (Å²) >= 11 is 0. The maximum atomic E-state index is 13.6. The molecule has 6 heteroatoms. The molecule has 0 radical (unpaired) electrons. The zero-order valence-corrected chi connectivity index (χ0v) is 15.5. The van der Waals surface area contributed by atoms with Gasteiger partial charge in [-0.2, -0.15) is 0 Å². The third-order valence-electron chi connectivity index (χ3n) is 5.44. The molecule has 0 saturated heterocycles. The summed E-state index contributed by atoms with van der Waals surface area (Å²) in [6.07, 6.45) is 3.63. The van der Waals surface area contributed by atoms with Gasteiger partial charge in [-0.1, -0.05) is 24.3 Å². The summed E-state index contributed by atoms with van der Waals surface area (Å²) in [6, 6.07) is 12.1. The van der Waals surface area contributed by atoms with Crippen molar-refractivity contribution in [2.24, 2.45) is 0 Å². The first kappa shape index (κ1) is 18.8. The Morgan fingerprint density at radius 3 is 2.71 bits per heavy atom. The van der Waals surface area contributed by atoms with Crippen molar-refractivity contribution >= 4 is 16.6 Å². The van der Waals surface area contributed by atoms with E-state index in [0.29, 0.717) is 23.2 Å². The van der Waals surface area contributed by atoms with Crippen LogP contribution in [0.2, 0.25) is 0 Å². The smallest absolute Gasteiger partial charge is 0.133 e. The van der Waals surface area contributed by atoms with Crippen LogP contribution in [-0.2, 0) is 0 Å². The van der Waals surface area contributed by atoms with Crippen LogP contribution in [0, 0.1) is 5.82 Å². The topological polar surface area (TPSA) is 91.4 Å². The van der Waals surface area contributed by atoms with Gasteiger partial charge in [0.2, 0.25) is 0 Å². The standard InChI is InChI=1S/C22H24FN3O2/c23-15-4-1-3-13(9-15)14-7-8-18-19(10-14)21(24)25-12-20(18)22(28)26-16-5-2-6-17(27)11-16/h1,3-4,7-10,12,16-17,22,26-28H,2,5-6,11H2,(H2,24,25)/t16-,17+,22?/m1/s1. The van der Waals surface area contributed by atoms with Crippen LogP contribution in [-0.4, -0.2) is 27.3 Å². The van der Waals surface area contributed by atoms with Gasteiger partial charge in [0.05, 0.1) is 6.10 Å². The molecule has 1 aliphatic rings. The molecular formula is C22H24FN3O2. The lowest BCUT2D eigenvalue weighted by Crippen LogP contribution is -2.38. The van der Waals surface area contributed by atoms with E-state index in [0.717, 1.165) is 35.8 Å². The first-order valence-corrected chi connectivity index (χ1v) is 9.57. The number of aromatic nitrogens is 1. The Labute approximate surface area is 163 Å². The molecule has 28 heavy (non-hydrogen) atoms. The first-order valence-electron chi connectivity index (χ1n) is 9.57. The number of nitrogens with two attached hydrogens (primary N) is 1. The monoisotopic (exact) mass is 381 g/mol. The lowest BCUT2D eigenvalue weighted by atomic mass is 9.92. The van der Waals surface area contributed by atoms with E-state index in [1.165, 1.54) is 12.1 Å². The molecule has 0 bridgehead atoms. The molecule has 1 saturated carbocycles. The lowest BCUT2D eigenvalue weighted by molar-refractivity contribution is 0.0723. The maximum Gasteiger partial charge on any atom is 0.133 e. The van der Waals surface area contributed by atoms with E-state index in [-0.39, 0.29) is 18.0 Å². The Kier molecular flexibility index (Phi) is 5.26. The van der Waals surface area contributed by atoms with E-state index in [4.69, 9.17) is 5.73 Å². The molecule has 1 aliphatic carbocycles. The number of nitrogens with zero attached hydrogens (tertiary/aromatic N) is 1. The molecule has 0 amide bonds. The fourth-order valence-corrected chi connectivity index (χ4v) is 3.98. The van der Waals surface area contributed by atoms with Crippen molar-refractivity contribution in [2.45, 2.75) is 44.1 Å². The zero-order chi connectivity index (χ0) is 19.7. The van der Waals surface area contributed by atoms with Crippen molar-refractivity contribution in [3.8, 4) is 11.1 Å². The fourth-order valence-electron chi connectivity index (χ4n) is 3.98. The molecule has 4 rings (SSSR count). The van der Waals surface area contributed by atoms with Crippen molar-refractivity contribution in [1.82, 2.24) is 10.3 Å². The quantitative estimate of drug-likeness (QED) is 0.519. The Balaban J connectivity index is 1.67. The number of nitrogen functional groups attached to an aromatic ring is 1. The number of aliphatic hydroxyl groups is 2. The van der Waals surface area contributed by atoms with E-state index < -0.39 is 6.23 Å². The van der Waals surface area contributed by atoms with Gasteiger partial charge >= 0.3 is 0 Å². The van der Waals surface area contributed by atoms with Gasteiger partial charge in [0.25, 0.3) is 0 Å². The molecule has 3 aromatic rings. The van der Waals surface area contributed by atoms with Gasteiger partial charge in [-0.15, -0.1) is 0 Å². The summed E-state index contributed by atoms with van der Waals surface area (Å²) in [5.74, 6) is 0.0593. The number of aliphatic hydroxyl groups excluding tert-OH is 2. The fraction of sp³-hybridized carbons (Fsp3) is 0.318. The van der Waals surface area contributed by atoms with Crippen LogP contribution in [0.15, 0.2) is 48.7 Å². The van der Waals surface area contributed by atoms with E-state index in [1.807, 2.05) is 24.3 Å². The highest BCUT2D eigenvalue weighted by Gasteiger charge is 2.23. The minimum absolute atomic E-state index is 0.0536. The molecular weight excluding hydrogens is 357 g/mol.